The second-order valence-corrected chi connectivity index (χ2v) is 2.88. The zero-order chi connectivity index (χ0) is 9.40. The molecule has 0 aliphatic carbocycles. The lowest BCUT2D eigenvalue weighted by atomic mass is 10.2. The van der Waals surface area contributed by atoms with Crippen molar-refractivity contribution in [2.45, 2.75) is 26.7 Å². The molecule has 0 unspecified atom stereocenters. The molecular weight excluding hydrogens is 154 g/mol. The summed E-state index contributed by atoms with van der Waals surface area (Å²) in [4.78, 5) is 13.1. The molecule has 0 saturated carbocycles. The van der Waals surface area contributed by atoms with Gasteiger partial charge in [-0.3, -0.25) is 9.69 Å². The Morgan fingerprint density at radius 2 is 2.08 bits per heavy atom. The van der Waals surface area contributed by atoms with Crippen LogP contribution in [0.3, 0.4) is 0 Å². The second kappa shape index (κ2) is 7.25. The minimum atomic E-state index is 0.132. The molecule has 0 atom stereocenters. The van der Waals surface area contributed by atoms with Crippen LogP contribution in [0.5, 0.6) is 0 Å². The van der Waals surface area contributed by atoms with Crippen molar-refractivity contribution in [1.82, 2.24) is 4.90 Å². The van der Waals surface area contributed by atoms with Gasteiger partial charge >= 0.3 is 0 Å². The van der Waals surface area contributed by atoms with E-state index in [1.165, 1.54) is 0 Å². The number of hydrogen-bond acceptors (Lipinski definition) is 3. The maximum Gasteiger partial charge on any atom is 0.146 e. The molecule has 0 bridgehead atoms. The fourth-order valence-electron chi connectivity index (χ4n) is 1.10. The molecule has 3 heteroatoms. The lowest BCUT2D eigenvalue weighted by Crippen LogP contribution is -2.32. The van der Waals surface area contributed by atoms with E-state index in [1.54, 1.807) is 0 Å². The number of carbonyl (C=O) groups is 1. The number of ketones is 1. The van der Waals surface area contributed by atoms with Gasteiger partial charge in [-0.05, 0) is 13.0 Å². The highest BCUT2D eigenvalue weighted by Crippen LogP contribution is 1.93. The third-order valence-corrected chi connectivity index (χ3v) is 1.79. The van der Waals surface area contributed by atoms with Crippen molar-refractivity contribution in [2.75, 3.05) is 26.2 Å². The Morgan fingerprint density at radius 1 is 1.42 bits per heavy atom. The second-order valence-electron chi connectivity index (χ2n) is 2.88. The summed E-state index contributed by atoms with van der Waals surface area (Å²) < 4.78 is 0. The highest BCUT2D eigenvalue weighted by Gasteiger charge is 2.06. The Morgan fingerprint density at radius 3 is 2.50 bits per heavy atom. The standard InChI is InChI=1S/C9H19NO2/c1-3-5-9(12)8-10(4-2)6-7-11/h11H,3-8H2,1-2H3. The van der Waals surface area contributed by atoms with Crippen molar-refractivity contribution in [3.05, 3.63) is 0 Å². The van der Waals surface area contributed by atoms with Gasteiger partial charge in [-0.25, -0.2) is 0 Å². The number of aliphatic hydroxyl groups excluding tert-OH is 1. The molecule has 1 N–H and O–H groups in total. The van der Waals surface area contributed by atoms with Crippen molar-refractivity contribution in [3.8, 4) is 0 Å². The molecule has 12 heavy (non-hydrogen) atoms. The molecule has 0 aromatic carbocycles. The van der Waals surface area contributed by atoms with Crippen LogP contribution >= 0.6 is 0 Å². The molecule has 0 saturated heterocycles. The molecule has 72 valence electrons. The number of rotatable bonds is 7. The highest BCUT2D eigenvalue weighted by molar-refractivity contribution is 5.80. The molecule has 0 aliphatic heterocycles. The summed E-state index contributed by atoms with van der Waals surface area (Å²) in [6.45, 7) is 6.05. The topological polar surface area (TPSA) is 40.5 Å². The Bertz CT molecular complexity index is 126. The lowest BCUT2D eigenvalue weighted by Gasteiger charge is -2.17. The average molecular weight is 173 g/mol. The van der Waals surface area contributed by atoms with Crippen LogP contribution < -0.4 is 0 Å². The van der Waals surface area contributed by atoms with E-state index in [2.05, 4.69) is 0 Å². The van der Waals surface area contributed by atoms with E-state index >= 15 is 0 Å². The van der Waals surface area contributed by atoms with Gasteiger partial charge in [0, 0.05) is 13.0 Å². The molecule has 0 amide bonds. The lowest BCUT2D eigenvalue weighted by molar-refractivity contribution is -0.120. The Kier molecular flexibility index (Phi) is 7.00. The largest absolute Gasteiger partial charge is 0.395 e. The van der Waals surface area contributed by atoms with Gasteiger partial charge in [0.05, 0.1) is 13.2 Å². The number of aliphatic hydroxyl groups is 1. The zero-order valence-corrected chi connectivity index (χ0v) is 8.05. The van der Waals surface area contributed by atoms with Crippen LogP contribution in [0.25, 0.3) is 0 Å². The quantitative estimate of drug-likeness (QED) is 0.615. The number of likely N-dealkylation sites (N-methyl/N-ethyl adjacent to an activating group) is 1. The number of carbonyl (C=O) groups excluding carboxylic acids is 1. The molecule has 0 aromatic rings. The fraction of sp³-hybridized carbons (Fsp3) is 0.889. The fourth-order valence-corrected chi connectivity index (χ4v) is 1.10. The normalized spacial score (nSPS) is 10.7. The summed E-state index contributed by atoms with van der Waals surface area (Å²) in [7, 11) is 0. The van der Waals surface area contributed by atoms with Crippen LogP contribution in [0.2, 0.25) is 0 Å². The van der Waals surface area contributed by atoms with E-state index in [-0.39, 0.29) is 12.4 Å². The van der Waals surface area contributed by atoms with Gasteiger partial charge in [-0.2, -0.15) is 0 Å². The monoisotopic (exact) mass is 173 g/mol. The summed E-state index contributed by atoms with van der Waals surface area (Å²) in [5.41, 5.74) is 0. The van der Waals surface area contributed by atoms with Gasteiger partial charge in [0.25, 0.3) is 0 Å². The third-order valence-electron chi connectivity index (χ3n) is 1.79. The summed E-state index contributed by atoms with van der Waals surface area (Å²) in [5, 5.41) is 8.66. The molecule has 0 spiro atoms. The number of Topliss-reactive ketones (excluding diaryl/α,β-unsaturated/α-hetero) is 1. The Hall–Kier alpha value is -0.410. The molecule has 0 rings (SSSR count). The van der Waals surface area contributed by atoms with Crippen LogP contribution in [0.1, 0.15) is 26.7 Å². The number of hydrogen-bond donors (Lipinski definition) is 1. The predicted octanol–water partition coefficient (Wildman–Crippen LogP) is 0.670. The van der Waals surface area contributed by atoms with Gasteiger partial charge in [0.1, 0.15) is 5.78 Å². The first kappa shape index (κ1) is 11.6. The minimum absolute atomic E-state index is 0.132. The van der Waals surface area contributed by atoms with Crippen molar-refractivity contribution in [1.29, 1.82) is 0 Å². The van der Waals surface area contributed by atoms with Gasteiger partial charge in [-0.1, -0.05) is 13.8 Å². The van der Waals surface area contributed by atoms with Crippen LogP contribution in [-0.4, -0.2) is 42.0 Å². The molecule has 0 heterocycles. The van der Waals surface area contributed by atoms with E-state index in [4.69, 9.17) is 5.11 Å². The Labute approximate surface area is 74.4 Å². The van der Waals surface area contributed by atoms with E-state index in [9.17, 15) is 4.79 Å². The first-order valence-electron chi connectivity index (χ1n) is 4.59. The molecule has 0 aliphatic rings. The first-order valence-corrected chi connectivity index (χ1v) is 4.59. The highest BCUT2D eigenvalue weighted by atomic mass is 16.3. The Balaban J connectivity index is 3.61. The molecule has 0 radical (unpaired) electrons. The first-order chi connectivity index (χ1) is 5.74. The summed E-state index contributed by atoms with van der Waals surface area (Å²) in [6, 6.07) is 0. The maximum absolute atomic E-state index is 11.2. The zero-order valence-electron chi connectivity index (χ0n) is 8.05. The van der Waals surface area contributed by atoms with Gasteiger partial charge < -0.3 is 5.11 Å². The van der Waals surface area contributed by atoms with Gasteiger partial charge in [0.15, 0.2) is 0 Å². The number of nitrogens with zero attached hydrogens (tertiary/aromatic N) is 1. The molecule has 3 nitrogen and oxygen atoms in total. The molecule has 0 fully saturated rings. The SMILES string of the molecule is CCCC(=O)CN(CC)CCO. The van der Waals surface area contributed by atoms with Crippen LogP contribution in [0.15, 0.2) is 0 Å². The van der Waals surface area contributed by atoms with E-state index in [0.29, 0.717) is 19.5 Å². The predicted molar refractivity (Wildman–Crippen MR) is 49.1 cm³/mol. The van der Waals surface area contributed by atoms with Crippen LogP contribution in [-0.2, 0) is 4.79 Å². The van der Waals surface area contributed by atoms with E-state index in [1.807, 2.05) is 18.7 Å². The smallest absolute Gasteiger partial charge is 0.146 e. The summed E-state index contributed by atoms with van der Waals surface area (Å²) >= 11 is 0. The van der Waals surface area contributed by atoms with Crippen LogP contribution in [0.4, 0.5) is 0 Å². The molecular formula is C9H19NO2. The van der Waals surface area contributed by atoms with Crippen molar-refractivity contribution >= 4 is 5.78 Å². The van der Waals surface area contributed by atoms with Gasteiger partial charge in [-0.15, -0.1) is 0 Å². The van der Waals surface area contributed by atoms with Crippen molar-refractivity contribution < 1.29 is 9.90 Å². The van der Waals surface area contributed by atoms with Gasteiger partial charge in [0.2, 0.25) is 0 Å². The van der Waals surface area contributed by atoms with E-state index in [0.717, 1.165) is 13.0 Å². The molecule has 0 aromatic heterocycles. The maximum atomic E-state index is 11.2. The summed E-state index contributed by atoms with van der Waals surface area (Å²) in [6.07, 6.45) is 1.57. The van der Waals surface area contributed by atoms with Crippen molar-refractivity contribution in [3.63, 3.8) is 0 Å². The average Bonchev–Trinajstić information content (AvgIpc) is 2.04. The third kappa shape index (κ3) is 5.27. The van der Waals surface area contributed by atoms with Crippen molar-refractivity contribution in [2.24, 2.45) is 0 Å². The van der Waals surface area contributed by atoms with E-state index < -0.39 is 0 Å². The van der Waals surface area contributed by atoms with Crippen LogP contribution in [0, 0.1) is 0 Å². The summed E-state index contributed by atoms with van der Waals surface area (Å²) in [5.74, 6) is 0.271. The minimum Gasteiger partial charge on any atom is -0.395 e.